The second-order valence-electron chi connectivity index (χ2n) is 9.22. The van der Waals surface area contributed by atoms with E-state index in [9.17, 15) is 20.0 Å². The third kappa shape index (κ3) is 5.53. The number of carboxylic acid groups (broad SMARTS) is 1. The molecule has 3 aromatic heterocycles. The molecule has 1 atom stereocenters. The van der Waals surface area contributed by atoms with Gasteiger partial charge in [-0.2, -0.15) is 5.26 Å². The van der Waals surface area contributed by atoms with Crippen LogP contribution in [0.4, 0.5) is 5.69 Å². The maximum absolute atomic E-state index is 13.4. The fourth-order valence-corrected chi connectivity index (χ4v) is 4.83. The van der Waals surface area contributed by atoms with Crippen LogP contribution in [0.15, 0.2) is 83.9 Å². The van der Waals surface area contributed by atoms with Crippen LogP contribution in [0.5, 0.6) is 0 Å². The summed E-state index contributed by atoms with van der Waals surface area (Å²) in [5.74, 6) is -0.661. The Morgan fingerprint density at radius 3 is 2.52 bits per heavy atom. The maximum atomic E-state index is 13.4. The number of benzene rings is 2. The zero-order chi connectivity index (χ0) is 28.2. The first-order chi connectivity index (χ1) is 19.3. The number of nitrogens with one attached hydrogen (secondary N) is 1. The molecule has 40 heavy (non-hydrogen) atoms. The van der Waals surface area contributed by atoms with Crippen LogP contribution in [0.3, 0.4) is 0 Å². The van der Waals surface area contributed by atoms with Gasteiger partial charge in [0.05, 0.1) is 23.7 Å². The number of carboxylic acids is 1. The van der Waals surface area contributed by atoms with Gasteiger partial charge in [-0.15, -0.1) is 0 Å². The Bertz CT molecular complexity index is 1820. The molecule has 0 fully saturated rings. The predicted octanol–water partition coefficient (Wildman–Crippen LogP) is 5.22. The fourth-order valence-electron chi connectivity index (χ4n) is 4.57. The van der Waals surface area contributed by atoms with Gasteiger partial charge in [-0.05, 0) is 54.3 Å². The second-order valence-corrected chi connectivity index (χ2v) is 9.58. The molecule has 2 aromatic carbocycles. The molecule has 5 aromatic rings. The van der Waals surface area contributed by atoms with Gasteiger partial charge in [-0.1, -0.05) is 48.0 Å². The lowest BCUT2D eigenvalue weighted by molar-refractivity contribution is 0.0690. The average Bonchev–Trinajstić information content (AvgIpc) is 2.96. The molecule has 9 nitrogen and oxygen atoms in total. The van der Waals surface area contributed by atoms with Crippen LogP contribution in [0.1, 0.15) is 51.5 Å². The second kappa shape index (κ2) is 11.4. The molecule has 0 saturated heterocycles. The van der Waals surface area contributed by atoms with Gasteiger partial charge in [0.15, 0.2) is 0 Å². The SMILES string of the molecule is CC(Nc1cc(=O)n(Cc2ccccc2)c2ccc(Cc3cc(C(=O)O)nc(Cl)c3C#N)cc12)c1ncccn1. The average molecular weight is 551 g/mol. The molecule has 0 saturated carbocycles. The number of carbonyl (C=O) groups is 1. The van der Waals surface area contributed by atoms with E-state index in [1.54, 1.807) is 29.1 Å². The summed E-state index contributed by atoms with van der Waals surface area (Å²) in [6, 6.07) is 21.7. The Kier molecular flexibility index (Phi) is 7.53. The van der Waals surface area contributed by atoms with E-state index in [1.165, 1.54) is 6.07 Å². The molecule has 5 rings (SSSR count). The molecule has 0 spiro atoms. The quantitative estimate of drug-likeness (QED) is 0.251. The molecular formula is C30H23ClN6O3. The lowest BCUT2D eigenvalue weighted by atomic mass is 9.99. The van der Waals surface area contributed by atoms with Gasteiger partial charge in [0, 0.05) is 29.5 Å². The van der Waals surface area contributed by atoms with Crippen molar-refractivity contribution in [3.8, 4) is 6.07 Å². The highest BCUT2D eigenvalue weighted by molar-refractivity contribution is 6.30. The van der Waals surface area contributed by atoms with Crippen LogP contribution in [0.2, 0.25) is 5.15 Å². The number of halogens is 1. The van der Waals surface area contributed by atoms with Crippen molar-refractivity contribution in [3.05, 3.63) is 128 Å². The number of nitrogens with zero attached hydrogens (tertiary/aromatic N) is 5. The van der Waals surface area contributed by atoms with Crippen molar-refractivity contribution in [1.82, 2.24) is 19.5 Å². The molecule has 0 bridgehead atoms. The standard InChI is InChI=1S/C30H23ClN6O3/c1-18(29-33-10-5-11-34-29)35-24-15-27(38)37(17-19-6-3-2-4-7-19)26-9-8-20(13-22(24)26)12-21-14-25(30(39)40)36-28(31)23(21)16-32/h2-11,13-15,18,35H,12,17H2,1H3,(H,39,40). The fraction of sp³-hybridized carbons (Fsp3) is 0.133. The molecule has 198 valence electrons. The van der Waals surface area contributed by atoms with Gasteiger partial charge < -0.3 is 15.0 Å². The lowest BCUT2D eigenvalue weighted by Gasteiger charge is -2.19. The smallest absolute Gasteiger partial charge is 0.354 e. The molecule has 1 unspecified atom stereocenters. The molecule has 0 radical (unpaired) electrons. The number of pyridine rings is 2. The van der Waals surface area contributed by atoms with Crippen molar-refractivity contribution in [3.63, 3.8) is 0 Å². The summed E-state index contributed by atoms with van der Waals surface area (Å²) in [4.78, 5) is 37.4. The number of hydrogen-bond acceptors (Lipinski definition) is 7. The lowest BCUT2D eigenvalue weighted by Crippen LogP contribution is -2.22. The Labute approximate surface area is 234 Å². The summed E-state index contributed by atoms with van der Waals surface area (Å²) in [6.45, 7) is 2.29. The number of fused-ring (bicyclic) bond motifs is 1. The van der Waals surface area contributed by atoms with Crippen molar-refractivity contribution < 1.29 is 9.90 Å². The van der Waals surface area contributed by atoms with Crippen molar-refractivity contribution >= 4 is 34.2 Å². The first-order valence-electron chi connectivity index (χ1n) is 12.4. The normalized spacial score (nSPS) is 11.6. The Balaban J connectivity index is 1.63. The minimum atomic E-state index is -1.24. The molecule has 0 aliphatic carbocycles. The molecule has 3 heterocycles. The summed E-state index contributed by atoms with van der Waals surface area (Å²) in [5.41, 5.74) is 3.23. The van der Waals surface area contributed by atoms with Gasteiger partial charge in [0.2, 0.25) is 0 Å². The summed E-state index contributed by atoms with van der Waals surface area (Å²) in [5, 5.41) is 23.1. The van der Waals surface area contributed by atoms with Crippen LogP contribution in [-0.2, 0) is 13.0 Å². The third-order valence-corrected chi connectivity index (χ3v) is 6.76. The van der Waals surface area contributed by atoms with Crippen LogP contribution in [0, 0.1) is 11.3 Å². The van der Waals surface area contributed by atoms with Crippen molar-refractivity contribution in [1.29, 1.82) is 5.26 Å². The minimum absolute atomic E-state index is 0.119. The molecule has 2 N–H and O–H groups in total. The minimum Gasteiger partial charge on any atom is -0.477 e. The molecule has 0 amide bonds. The third-order valence-electron chi connectivity index (χ3n) is 6.49. The Morgan fingerprint density at radius 2 is 1.82 bits per heavy atom. The first kappa shape index (κ1) is 26.5. The van der Waals surface area contributed by atoms with Crippen molar-refractivity contribution in [2.75, 3.05) is 5.32 Å². The maximum Gasteiger partial charge on any atom is 0.354 e. The van der Waals surface area contributed by atoms with Crippen LogP contribution < -0.4 is 10.9 Å². The van der Waals surface area contributed by atoms with Gasteiger partial charge in [0.25, 0.3) is 5.56 Å². The topological polar surface area (TPSA) is 134 Å². The first-order valence-corrected chi connectivity index (χ1v) is 12.8. The zero-order valence-electron chi connectivity index (χ0n) is 21.4. The summed E-state index contributed by atoms with van der Waals surface area (Å²) in [7, 11) is 0. The summed E-state index contributed by atoms with van der Waals surface area (Å²) < 4.78 is 1.70. The summed E-state index contributed by atoms with van der Waals surface area (Å²) in [6.07, 6.45) is 3.55. The molecule has 0 aliphatic heterocycles. The molecule has 0 aliphatic rings. The van der Waals surface area contributed by atoms with E-state index >= 15 is 0 Å². The highest BCUT2D eigenvalue weighted by atomic mass is 35.5. The monoisotopic (exact) mass is 550 g/mol. The number of aromatic nitrogens is 4. The number of rotatable bonds is 8. The number of hydrogen-bond donors (Lipinski definition) is 2. The largest absolute Gasteiger partial charge is 0.477 e. The number of anilines is 1. The van der Waals surface area contributed by atoms with E-state index in [2.05, 4.69) is 20.3 Å². The van der Waals surface area contributed by atoms with E-state index in [1.807, 2.05) is 61.5 Å². The van der Waals surface area contributed by atoms with Crippen LogP contribution >= 0.6 is 11.6 Å². The predicted molar refractivity (Wildman–Crippen MR) is 152 cm³/mol. The Morgan fingerprint density at radius 1 is 1.07 bits per heavy atom. The van der Waals surface area contributed by atoms with E-state index in [-0.39, 0.29) is 34.4 Å². The van der Waals surface area contributed by atoms with Crippen molar-refractivity contribution in [2.24, 2.45) is 0 Å². The van der Waals surface area contributed by atoms with Crippen molar-refractivity contribution in [2.45, 2.75) is 25.9 Å². The number of aromatic carboxylic acids is 1. The zero-order valence-corrected chi connectivity index (χ0v) is 22.1. The van der Waals surface area contributed by atoms with E-state index in [4.69, 9.17) is 11.6 Å². The highest BCUT2D eigenvalue weighted by Gasteiger charge is 2.18. The van der Waals surface area contributed by atoms with E-state index in [0.29, 0.717) is 29.1 Å². The van der Waals surface area contributed by atoms with Gasteiger partial charge in [-0.25, -0.2) is 19.7 Å². The summed E-state index contributed by atoms with van der Waals surface area (Å²) >= 11 is 6.14. The van der Waals surface area contributed by atoms with Gasteiger partial charge in [0.1, 0.15) is 22.7 Å². The van der Waals surface area contributed by atoms with Crippen LogP contribution in [-0.4, -0.2) is 30.6 Å². The Hall–Kier alpha value is -5.07. The highest BCUT2D eigenvalue weighted by Crippen LogP contribution is 2.29. The van der Waals surface area contributed by atoms with Crippen LogP contribution in [0.25, 0.3) is 10.9 Å². The molecular weight excluding hydrogens is 528 g/mol. The van der Waals surface area contributed by atoms with Gasteiger partial charge in [-0.3, -0.25) is 4.79 Å². The van der Waals surface area contributed by atoms with E-state index in [0.717, 1.165) is 16.5 Å². The number of nitriles is 1. The molecule has 10 heteroatoms. The van der Waals surface area contributed by atoms with E-state index < -0.39 is 5.97 Å². The van der Waals surface area contributed by atoms with Gasteiger partial charge >= 0.3 is 5.97 Å².